The lowest BCUT2D eigenvalue weighted by Crippen LogP contribution is -2.65. The maximum Gasteiger partial charge on any atom is 0.328 e. The zero-order valence-electron chi connectivity index (χ0n) is 15.4. The summed E-state index contributed by atoms with van der Waals surface area (Å²) in [6.07, 6.45) is 2.58. The number of piperazine rings is 1. The summed E-state index contributed by atoms with van der Waals surface area (Å²) >= 11 is 0. The quantitative estimate of drug-likeness (QED) is 0.727. The average molecular weight is 358 g/mol. The van der Waals surface area contributed by atoms with Gasteiger partial charge in [-0.3, -0.25) is 9.59 Å². The Bertz CT molecular complexity index is 676. The van der Waals surface area contributed by atoms with E-state index < -0.39 is 24.1 Å². The Balaban J connectivity index is 1.83. The molecule has 2 fully saturated rings. The largest absolute Gasteiger partial charge is 0.464 e. The molecule has 3 atom stereocenters. The lowest BCUT2D eigenvalue weighted by Gasteiger charge is -2.43. The molecule has 6 nitrogen and oxygen atoms in total. The van der Waals surface area contributed by atoms with Crippen molar-refractivity contribution >= 4 is 17.8 Å². The van der Waals surface area contributed by atoms with Gasteiger partial charge in [0, 0.05) is 6.54 Å². The van der Waals surface area contributed by atoms with Gasteiger partial charge >= 0.3 is 5.97 Å². The van der Waals surface area contributed by atoms with Gasteiger partial charge in [-0.25, -0.2) is 4.79 Å². The summed E-state index contributed by atoms with van der Waals surface area (Å²) in [4.78, 5) is 41.5. The van der Waals surface area contributed by atoms with Crippen molar-refractivity contribution in [3.63, 3.8) is 0 Å². The summed E-state index contributed by atoms with van der Waals surface area (Å²) in [5, 5.41) is 0. The standard InChI is InChI=1S/C20H26N2O4/c1-3-26-20(25)17(12-11-15-8-5-4-6-9-15)22-14(2)18(23)21-13-7-10-16(21)19(22)24/h4-6,8-9,14,16-17H,3,7,10-13H2,1-2H3. The number of fused-ring (bicyclic) bond motifs is 1. The van der Waals surface area contributed by atoms with E-state index in [0.29, 0.717) is 25.8 Å². The molecule has 0 aromatic heterocycles. The molecule has 0 bridgehead atoms. The molecule has 140 valence electrons. The molecule has 0 spiro atoms. The van der Waals surface area contributed by atoms with Crippen molar-refractivity contribution in [2.75, 3.05) is 13.2 Å². The number of hydrogen-bond acceptors (Lipinski definition) is 4. The Hall–Kier alpha value is -2.37. The van der Waals surface area contributed by atoms with Gasteiger partial charge in [-0.15, -0.1) is 0 Å². The molecule has 1 aromatic carbocycles. The molecule has 6 heteroatoms. The minimum atomic E-state index is -0.732. The van der Waals surface area contributed by atoms with E-state index in [1.807, 2.05) is 30.3 Å². The van der Waals surface area contributed by atoms with Gasteiger partial charge in [0.1, 0.15) is 18.1 Å². The zero-order valence-corrected chi connectivity index (χ0v) is 15.4. The van der Waals surface area contributed by atoms with Crippen LogP contribution in [-0.4, -0.2) is 58.9 Å². The van der Waals surface area contributed by atoms with Crippen LogP contribution >= 0.6 is 0 Å². The van der Waals surface area contributed by atoms with Gasteiger partial charge in [0.25, 0.3) is 0 Å². The van der Waals surface area contributed by atoms with Crippen LogP contribution in [0.4, 0.5) is 0 Å². The number of carbonyl (C=O) groups excluding carboxylic acids is 3. The molecule has 2 aliphatic rings. The molecule has 2 amide bonds. The highest BCUT2D eigenvalue weighted by Gasteiger charge is 2.49. The average Bonchev–Trinajstić information content (AvgIpc) is 3.14. The van der Waals surface area contributed by atoms with Crippen molar-refractivity contribution in [2.24, 2.45) is 0 Å². The molecule has 2 aliphatic heterocycles. The van der Waals surface area contributed by atoms with Crippen LogP contribution in [0.2, 0.25) is 0 Å². The molecule has 0 N–H and O–H groups in total. The highest BCUT2D eigenvalue weighted by atomic mass is 16.5. The summed E-state index contributed by atoms with van der Waals surface area (Å²) < 4.78 is 5.23. The van der Waals surface area contributed by atoms with Crippen molar-refractivity contribution < 1.29 is 19.1 Å². The summed E-state index contributed by atoms with van der Waals surface area (Å²) in [6.45, 7) is 4.34. The maximum atomic E-state index is 13.0. The fourth-order valence-electron chi connectivity index (χ4n) is 3.99. The Morgan fingerprint density at radius 1 is 1.23 bits per heavy atom. The van der Waals surface area contributed by atoms with E-state index in [1.165, 1.54) is 4.90 Å². The van der Waals surface area contributed by atoms with Gasteiger partial charge in [0.2, 0.25) is 11.8 Å². The molecule has 0 saturated carbocycles. The Morgan fingerprint density at radius 2 is 1.96 bits per heavy atom. The first-order valence-electron chi connectivity index (χ1n) is 9.37. The third-order valence-corrected chi connectivity index (χ3v) is 5.29. The van der Waals surface area contributed by atoms with Gasteiger partial charge in [0.05, 0.1) is 6.61 Å². The number of amides is 2. The van der Waals surface area contributed by atoms with Crippen molar-refractivity contribution in [2.45, 2.75) is 57.7 Å². The molecule has 2 saturated heterocycles. The number of nitrogens with zero attached hydrogens (tertiary/aromatic N) is 2. The Labute approximate surface area is 154 Å². The zero-order chi connectivity index (χ0) is 18.7. The van der Waals surface area contributed by atoms with Gasteiger partial charge in [-0.05, 0) is 45.1 Å². The third-order valence-electron chi connectivity index (χ3n) is 5.29. The Morgan fingerprint density at radius 3 is 2.65 bits per heavy atom. The maximum absolute atomic E-state index is 13.0. The van der Waals surface area contributed by atoms with Crippen LogP contribution in [0, 0.1) is 0 Å². The monoisotopic (exact) mass is 358 g/mol. The molecule has 3 rings (SSSR count). The number of esters is 1. The Kier molecular flexibility index (Phi) is 5.59. The number of benzene rings is 1. The molecular formula is C20H26N2O4. The number of carbonyl (C=O) groups is 3. The van der Waals surface area contributed by atoms with Crippen LogP contribution in [0.1, 0.15) is 38.7 Å². The number of aryl methyl sites for hydroxylation is 1. The smallest absolute Gasteiger partial charge is 0.328 e. The van der Waals surface area contributed by atoms with Gasteiger partial charge in [-0.1, -0.05) is 30.3 Å². The van der Waals surface area contributed by atoms with E-state index in [4.69, 9.17) is 4.74 Å². The predicted molar refractivity (Wildman–Crippen MR) is 96.2 cm³/mol. The summed E-state index contributed by atoms with van der Waals surface area (Å²) in [7, 11) is 0. The van der Waals surface area contributed by atoms with Crippen LogP contribution in [0.5, 0.6) is 0 Å². The fraction of sp³-hybridized carbons (Fsp3) is 0.550. The van der Waals surface area contributed by atoms with E-state index in [0.717, 1.165) is 12.0 Å². The van der Waals surface area contributed by atoms with Crippen molar-refractivity contribution in [3.8, 4) is 0 Å². The molecule has 3 unspecified atom stereocenters. The molecular weight excluding hydrogens is 332 g/mol. The summed E-state index contributed by atoms with van der Waals surface area (Å²) in [5.74, 6) is -0.621. The summed E-state index contributed by atoms with van der Waals surface area (Å²) in [6, 6.07) is 8.03. The molecule has 2 heterocycles. The fourth-order valence-corrected chi connectivity index (χ4v) is 3.99. The lowest BCUT2D eigenvalue weighted by atomic mass is 9.98. The SMILES string of the molecule is CCOC(=O)C(CCc1ccccc1)N1C(=O)C2CCCN2C(=O)C1C. The van der Waals surface area contributed by atoms with E-state index in [9.17, 15) is 14.4 Å². The predicted octanol–water partition coefficient (Wildman–Crippen LogP) is 1.77. The first-order valence-corrected chi connectivity index (χ1v) is 9.37. The van der Waals surface area contributed by atoms with Gasteiger partial charge in [0.15, 0.2) is 0 Å². The minimum Gasteiger partial charge on any atom is -0.464 e. The van der Waals surface area contributed by atoms with E-state index in [-0.39, 0.29) is 18.4 Å². The second kappa shape index (κ2) is 7.89. The van der Waals surface area contributed by atoms with E-state index >= 15 is 0 Å². The highest BCUT2D eigenvalue weighted by Crippen LogP contribution is 2.29. The molecule has 1 aromatic rings. The second-order valence-corrected chi connectivity index (χ2v) is 6.90. The third kappa shape index (κ3) is 3.45. The first kappa shape index (κ1) is 18.4. The molecule has 0 radical (unpaired) electrons. The van der Waals surface area contributed by atoms with Gasteiger partial charge < -0.3 is 14.5 Å². The number of ether oxygens (including phenoxy) is 1. The van der Waals surface area contributed by atoms with Gasteiger partial charge in [-0.2, -0.15) is 0 Å². The molecule has 26 heavy (non-hydrogen) atoms. The summed E-state index contributed by atoms with van der Waals surface area (Å²) in [5.41, 5.74) is 1.09. The van der Waals surface area contributed by atoms with Crippen LogP contribution in [0.3, 0.4) is 0 Å². The van der Waals surface area contributed by atoms with Crippen LogP contribution < -0.4 is 0 Å². The van der Waals surface area contributed by atoms with Crippen LogP contribution in [-0.2, 0) is 25.5 Å². The minimum absolute atomic E-state index is 0.0684. The topological polar surface area (TPSA) is 66.9 Å². The number of hydrogen-bond donors (Lipinski definition) is 0. The van der Waals surface area contributed by atoms with E-state index in [2.05, 4.69) is 0 Å². The van der Waals surface area contributed by atoms with Crippen molar-refractivity contribution in [1.82, 2.24) is 9.80 Å². The first-order chi connectivity index (χ1) is 12.5. The van der Waals surface area contributed by atoms with Crippen molar-refractivity contribution in [1.29, 1.82) is 0 Å². The number of rotatable bonds is 6. The van der Waals surface area contributed by atoms with Crippen molar-refractivity contribution in [3.05, 3.63) is 35.9 Å². The normalized spacial score (nSPS) is 23.8. The van der Waals surface area contributed by atoms with Crippen LogP contribution in [0.25, 0.3) is 0 Å². The van der Waals surface area contributed by atoms with Crippen LogP contribution in [0.15, 0.2) is 30.3 Å². The second-order valence-electron chi connectivity index (χ2n) is 6.90. The van der Waals surface area contributed by atoms with E-state index in [1.54, 1.807) is 18.7 Å². The lowest BCUT2D eigenvalue weighted by molar-refractivity contribution is -0.168. The highest BCUT2D eigenvalue weighted by molar-refractivity contribution is 5.99. The molecule has 0 aliphatic carbocycles.